The largest absolute Gasteiger partial charge is 0.296 e. The van der Waals surface area contributed by atoms with Crippen molar-refractivity contribution < 1.29 is 0 Å². The molecule has 0 N–H and O–H groups in total. The van der Waals surface area contributed by atoms with Gasteiger partial charge in [-0.05, 0) is 30.6 Å². The van der Waals surface area contributed by atoms with Gasteiger partial charge in [-0.1, -0.05) is 66.7 Å². The fraction of sp³-hybridized carbons (Fsp3) is 0.273. The summed E-state index contributed by atoms with van der Waals surface area (Å²) in [6.07, 6.45) is 4.25. The van der Waals surface area contributed by atoms with Crippen molar-refractivity contribution in [3.05, 3.63) is 83.7 Å². The molecule has 0 spiro atoms. The molecule has 4 rings (SSSR count). The third-order valence-electron chi connectivity index (χ3n) is 5.13. The highest BCUT2D eigenvalue weighted by molar-refractivity contribution is 7.71. The molecule has 1 aromatic heterocycles. The van der Waals surface area contributed by atoms with Gasteiger partial charge in [0.1, 0.15) is 0 Å². The lowest BCUT2D eigenvalue weighted by Gasteiger charge is -2.24. The predicted molar refractivity (Wildman–Crippen MR) is 112 cm³/mol. The molecule has 2 heterocycles. The molecule has 0 amide bonds. The van der Waals surface area contributed by atoms with Gasteiger partial charge in [-0.3, -0.25) is 9.47 Å². The zero-order valence-corrected chi connectivity index (χ0v) is 16.2. The van der Waals surface area contributed by atoms with Crippen molar-refractivity contribution in [3.8, 4) is 11.4 Å². The van der Waals surface area contributed by atoms with Crippen molar-refractivity contribution in [2.24, 2.45) is 0 Å². The minimum atomic E-state index is 0.429. The molecule has 2 aromatic carbocycles. The van der Waals surface area contributed by atoms with Crippen LogP contribution < -0.4 is 0 Å². The Morgan fingerprint density at radius 3 is 2.48 bits per heavy atom. The Hall–Kier alpha value is -2.50. The van der Waals surface area contributed by atoms with Crippen molar-refractivity contribution in [1.29, 1.82) is 0 Å². The zero-order valence-electron chi connectivity index (χ0n) is 15.4. The normalized spacial score (nSPS) is 17.3. The number of hydrogen-bond acceptors (Lipinski definition) is 3. The molecule has 0 radical (unpaired) electrons. The van der Waals surface area contributed by atoms with E-state index in [1.807, 2.05) is 29.0 Å². The molecule has 1 saturated heterocycles. The van der Waals surface area contributed by atoms with Gasteiger partial charge in [0.2, 0.25) is 0 Å². The van der Waals surface area contributed by atoms with Gasteiger partial charge in [0.05, 0.1) is 6.67 Å². The highest BCUT2D eigenvalue weighted by Gasteiger charge is 2.27. The van der Waals surface area contributed by atoms with Crippen LogP contribution in [0.1, 0.15) is 24.4 Å². The van der Waals surface area contributed by atoms with Gasteiger partial charge in [0, 0.05) is 24.7 Å². The summed E-state index contributed by atoms with van der Waals surface area (Å²) < 4.78 is 4.76. The van der Waals surface area contributed by atoms with Crippen LogP contribution in [0.15, 0.2) is 73.3 Å². The third-order valence-corrected chi connectivity index (χ3v) is 5.56. The monoisotopic (exact) mass is 376 g/mol. The molecule has 0 bridgehead atoms. The lowest BCUT2D eigenvalue weighted by molar-refractivity contribution is 0.190. The number of likely N-dealkylation sites (tertiary alicyclic amines) is 1. The van der Waals surface area contributed by atoms with Crippen LogP contribution in [0.2, 0.25) is 0 Å². The molecule has 3 aromatic rings. The fourth-order valence-corrected chi connectivity index (χ4v) is 4.11. The second-order valence-electron chi connectivity index (χ2n) is 6.89. The maximum absolute atomic E-state index is 5.76. The Balaban J connectivity index is 1.66. The fourth-order valence-electron chi connectivity index (χ4n) is 3.85. The van der Waals surface area contributed by atoms with Gasteiger partial charge < -0.3 is 0 Å². The zero-order chi connectivity index (χ0) is 18.6. The first-order valence-electron chi connectivity index (χ1n) is 9.41. The minimum absolute atomic E-state index is 0.429. The van der Waals surface area contributed by atoms with Gasteiger partial charge in [-0.15, -0.1) is 6.58 Å². The molecule has 0 aliphatic carbocycles. The van der Waals surface area contributed by atoms with Crippen LogP contribution in [0.3, 0.4) is 0 Å². The number of allylic oxidation sites excluding steroid dienone is 1. The Labute approximate surface area is 165 Å². The highest BCUT2D eigenvalue weighted by Crippen LogP contribution is 2.32. The molecule has 1 aliphatic rings. The molecule has 138 valence electrons. The van der Waals surface area contributed by atoms with Crippen molar-refractivity contribution in [2.45, 2.75) is 32.1 Å². The second kappa shape index (κ2) is 8.03. The molecule has 0 saturated carbocycles. The topological polar surface area (TPSA) is 26.0 Å². The van der Waals surface area contributed by atoms with Crippen molar-refractivity contribution in [1.82, 2.24) is 19.2 Å². The van der Waals surface area contributed by atoms with E-state index in [0.29, 0.717) is 19.3 Å². The van der Waals surface area contributed by atoms with E-state index in [4.69, 9.17) is 17.3 Å². The summed E-state index contributed by atoms with van der Waals surface area (Å²) in [4.78, 5) is 2.48. The van der Waals surface area contributed by atoms with Gasteiger partial charge in [-0.25, -0.2) is 4.68 Å². The smallest absolute Gasteiger partial charge is 0.199 e. The molecule has 5 heteroatoms. The third kappa shape index (κ3) is 3.66. The van der Waals surface area contributed by atoms with E-state index in [1.165, 1.54) is 18.4 Å². The number of nitrogens with zero attached hydrogens (tertiary/aromatic N) is 4. The molecule has 1 fully saturated rings. The van der Waals surface area contributed by atoms with Crippen molar-refractivity contribution in [2.75, 3.05) is 6.54 Å². The van der Waals surface area contributed by atoms with Crippen LogP contribution in [0.5, 0.6) is 0 Å². The first-order valence-corrected chi connectivity index (χ1v) is 9.81. The Kier molecular flexibility index (Phi) is 5.32. The average molecular weight is 377 g/mol. The van der Waals surface area contributed by atoms with Crippen LogP contribution >= 0.6 is 12.2 Å². The lowest BCUT2D eigenvalue weighted by Crippen LogP contribution is -2.27. The average Bonchev–Trinajstić information content (AvgIpc) is 3.30. The Bertz CT molecular complexity index is 959. The molecular formula is C22H24N4S. The van der Waals surface area contributed by atoms with Crippen LogP contribution in [0.25, 0.3) is 11.4 Å². The van der Waals surface area contributed by atoms with E-state index >= 15 is 0 Å². The standard InChI is InChI=1S/C22H24N4S/c1-2-15-25-21(19-12-7-4-8-13-19)23-26(22(25)27)17-24-16-9-14-20(24)18-10-5-3-6-11-18/h2-8,10-13,20H,1,9,14-17H2/t20-/m0/s1. The predicted octanol–water partition coefficient (Wildman–Crippen LogP) is 5.06. The van der Waals surface area contributed by atoms with Crippen molar-refractivity contribution >= 4 is 12.2 Å². The number of benzene rings is 2. The molecule has 27 heavy (non-hydrogen) atoms. The highest BCUT2D eigenvalue weighted by atomic mass is 32.1. The minimum Gasteiger partial charge on any atom is -0.296 e. The second-order valence-corrected chi connectivity index (χ2v) is 7.26. The summed E-state index contributed by atoms with van der Waals surface area (Å²) >= 11 is 5.76. The van der Waals surface area contributed by atoms with E-state index in [-0.39, 0.29) is 0 Å². The quantitative estimate of drug-likeness (QED) is 0.444. The Morgan fingerprint density at radius 2 is 1.78 bits per heavy atom. The van der Waals surface area contributed by atoms with E-state index in [1.54, 1.807) is 0 Å². The van der Waals surface area contributed by atoms with Gasteiger partial charge >= 0.3 is 0 Å². The molecule has 0 unspecified atom stereocenters. The summed E-state index contributed by atoms with van der Waals surface area (Å²) in [5.41, 5.74) is 2.44. The molecule has 1 atom stereocenters. The van der Waals surface area contributed by atoms with E-state index < -0.39 is 0 Å². The first kappa shape index (κ1) is 17.9. The summed E-state index contributed by atoms with van der Waals surface area (Å²) in [5.74, 6) is 0.899. The van der Waals surface area contributed by atoms with E-state index in [9.17, 15) is 0 Å². The number of rotatable bonds is 6. The van der Waals surface area contributed by atoms with Gasteiger partial charge in [-0.2, -0.15) is 5.10 Å². The van der Waals surface area contributed by atoms with Crippen LogP contribution in [-0.4, -0.2) is 25.8 Å². The maximum Gasteiger partial charge on any atom is 0.199 e. The lowest BCUT2D eigenvalue weighted by atomic mass is 10.1. The molecular weight excluding hydrogens is 352 g/mol. The summed E-state index contributed by atoms with van der Waals surface area (Å²) in [6, 6.07) is 21.4. The summed E-state index contributed by atoms with van der Waals surface area (Å²) in [7, 11) is 0. The summed E-state index contributed by atoms with van der Waals surface area (Å²) in [5, 5.41) is 4.88. The van der Waals surface area contributed by atoms with Gasteiger partial charge in [0.25, 0.3) is 0 Å². The van der Waals surface area contributed by atoms with E-state index in [0.717, 1.165) is 22.7 Å². The first-order chi connectivity index (χ1) is 13.3. The number of aromatic nitrogens is 3. The van der Waals surface area contributed by atoms with Crippen LogP contribution in [-0.2, 0) is 13.2 Å². The van der Waals surface area contributed by atoms with Crippen LogP contribution in [0.4, 0.5) is 0 Å². The maximum atomic E-state index is 5.76. The summed E-state index contributed by atoms with van der Waals surface area (Å²) in [6.45, 7) is 6.32. The van der Waals surface area contributed by atoms with Crippen molar-refractivity contribution in [3.63, 3.8) is 0 Å². The SMILES string of the molecule is C=CCn1c(-c2ccccc2)nn(CN2CCC[C@H]2c2ccccc2)c1=S. The van der Waals surface area contributed by atoms with Gasteiger partial charge in [0.15, 0.2) is 10.6 Å². The van der Waals surface area contributed by atoms with E-state index in [2.05, 4.69) is 58.5 Å². The Morgan fingerprint density at radius 1 is 1.07 bits per heavy atom. The molecule has 4 nitrogen and oxygen atoms in total. The molecule has 1 aliphatic heterocycles. The van der Waals surface area contributed by atoms with Crippen LogP contribution in [0, 0.1) is 4.77 Å². The number of hydrogen-bond donors (Lipinski definition) is 0.